The van der Waals surface area contributed by atoms with Crippen LogP contribution in [0.1, 0.15) is 17.5 Å². The number of carbonyl (C=O) groups is 2. The summed E-state index contributed by atoms with van der Waals surface area (Å²) in [5.41, 5.74) is 2.32. The quantitative estimate of drug-likeness (QED) is 0.807. The molecule has 0 spiro atoms. The Labute approximate surface area is 134 Å². The lowest BCUT2D eigenvalue weighted by Gasteiger charge is -2.28. The molecule has 4 rings (SSSR count). The number of benzene rings is 1. The van der Waals surface area contributed by atoms with E-state index in [0.717, 1.165) is 18.5 Å². The Bertz CT molecular complexity index is 698. The van der Waals surface area contributed by atoms with Crippen molar-refractivity contribution in [2.45, 2.75) is 32.0 Å². The molecule has 0 N–H and O–H groups in total. The SMILES string of the molecule is O=C1C2Cc3ccccc3CN2C(=O)N1CCCn1ccnc1. The summed E-state index contributed by atoms with van der Waals surface area (Å²) in [4.78, 5) is 32.3. The number of imide groups is 1. The Hall–Kier alpha value is -2.63. The third kappa shape index (κ3) is 2.40. The van der Waals surface area contributed by atoms with Gasteiger partial charge in [-0.2, -0.15) is 0 Å². The van der Waals surface area contributed by atoms with Crippen LogP contribution < -0.4 is 0 Å². The zero-order valence-electron chi connectivity index (χ0n) is 12.8. The van der Waals surface area contributed by atoms with Crippen molar-refractivity contribution in [3.05, 3.63) is 54.1 Å². The second-order valence-corrected chi connectivity index (χ2v) is 6.04. The highest BCUT2D eigenvalue weighted by atomic mass is 16.2. The molecule has 2 aliphatic rings. The largest absolute Gasteiger partial charge is 0.337 e. The van der Waals surface area contributed by atoms with Gasteiger partial charge in [0, 0.05) is 38.4 Å². The smallest absolute Gasteiger partial charge is 0.327 e. The zero-order valence-corrected chi connectivity index (χ0v) is 12.8. The number of aromatic nitrogens is 2. The van der Waals surface area contributed by atoms with Gasteiger partial charge in [0.2, 0.25) is 0 Å². The van der Waals surface area contributed by atoms with Crippen LogP contribution in [0.2, 0.25) is 0 Å². The molecule has 0 aliphatic carbocycles. The first-order valence-electron chi connectivity index (χ1n) is 7.88. The Balaban J connectivity index is 1.45. The fourth-order valence-electron chi connectivity index (χ4n) is 3.41. The van der Waals surface area contributed by atoms with Crippen molar-refractivity contribution < 1.29 is 9.59 Å². The molecule has 1 aromatic carbocycles. The van der Waals surface area contributed by atoms with Crippen molar-refractivity contribution in [2.24, 2.45) is 0 Å². The van der Waals surface area contributed by atoms with E-state index in [0.29, 0.717) is 19.5 Å². The molecule has 1 saturated heterocycles. The van der Waals surface area contributed by atoms with Crippen LogP contribution in [0.3, 0.4) is 0 Å². The van der Waals surface area contributed by atoms with Gasteiger partial charge in [-0.25, -0.2) is 9.78 Å². The molecule has 6 heteroatoms. The Kier molecular flexibility index (Phi) is 3.37. The van der Waals surface area contributed by atoms with Crippen LogP contribution in [-0.4, -0.2) is 43.9 Å². The number of imidazole rings is 1. The van der Waals surface area contributed by atoms with E-state index in [1.54, 1.807) is 17.4 Å². The maximum atomic E-state index is 12.6. The van der Waals surface area contributed by atoms with Crippen LogP contribution in [0.4, 0.5) is 4.79 Å². The summed E-state index contributed by atoms with van der Waals surface area (Å²) in [7, 11) is 0. The van der Waals surface area contributed by atoms with Crippen molar-refractivity contribution in [2.75, 3.05) is 6.54 Å². The topological polar surface area (TPSA) is 58.4 Å². The molecule has 1 unspecified atom stereocenters. The molecular weight excluding hydrogens is 292 g/mol. The zero-order chi connectivity index (χ0) is 15.8. The molecule has 2 aromatic rings. The number of carbonyl (C=O) groups excluding carboxylic acids is 2. The summed E-state index contributed by atoms with van der Waals surface area (Å²) in [5.74, 6) is -0.0601. The van der Waals surface area contributed by atoms with Crippen molar-refractivity contribution in [1.82, 2.24) is 19.4 Å². The molecule has 1 atom stereocenters. The second kappa shape index (κ2) is 5.53. The lowest BCUT2D eigenvalue weighted by Crippen LogP contribution is -2.39. The van der Waals surface area contributed by atoms with E-state index in [-0.39, 0.29) is 18.0 Å². The van der Waals surface area contributed by atoms with E-state index < -0.39 is 0 Å². The predicted octanol–water partition coefficient (Wildman–Crippen LogP) is 1.66. The molecule has 3 amide bonds. The number of aryl methyl sites for hydroxylation is 1. The number of hydrogen-bond acceptors (Lipinski definition) is 3. The van der Waals surface area contributed by atoms with E-state index in [9.17, 15) is 9.59 Å². The number of urea groups is 1. The van der Waals surface area contributed by atoms with Crippen LogP contribution in [0.5, 0.6) is 0 Å². The highest BCUT2D eigenvalue weighted by molar-refractivity contribution is 6.04. The summed E-state index contributed by atoms with van der Waals surface area (Å²) in [6.07, 6.45) is 6.71. The number of nitrogens with zero attached hydrogens (tertiary/aromatic N) is 4. The van der Waals surface area contributed by atoms with Gasteiger partial charge in [-0.1, -0.05) is 24.3 Å². The Morgan fingerprint density at radius 1 is 1.13 bits per heavy atom. The molecule has 0 saturated carbocycles. The number of hydrogen-bond donors (Lipinski definition) is 0. The normalized spacial score (nSPS) is 19.9. The third-order valence-corrected chi connectivity index (χ3v) is 4.63. The fourth-order valence-corrected chi connectivity index (χ4v) is 3.41. The van der Waals surface area contributed by atoms with Gasteiger partial charge in [0.25, 0.3) is 5.91 Å². The molecule has 1 aromatic heterocycles. The lowest BCUT2D eigenvalue weighted by molar-refractivity contribution is -0.128. The maximum absolute atomic E-state index is 12.6. The molecule has 0 bridgehead atoms. The molecule has 0 radical (unpaired) electrons. The second-order valence-electron chi connectivity index (χ2n) is 6.04. The Morgan fingerprint density at radius 2 is 1.96 bits per heavy atom. The monoisotopic (exact) mass is 310 g/mol. The van der Waals surface area contributed by atoms with Crippen molar-refractivity contribution in [3.8, 4) is 0 Å². The van der Waals surface area contributed by atoms with Crippen molar-refractivity contribution >= 4 is 11.9 Å². The van der Waals surface area contributed by atoms with E-state index in [1.165, 1.54) is 10.5 Å². The average Bonchev–Trinajstić information content (AvgIpc) is 3.16. The van der Waals surface area contributed by atoms with Crippen LogP contribution in [0, 0.1) is 0 Å². The summed E-state index contributed by atoms with van der Waals surface area (Å²) in [6.45, 7) is 1.74. The highest BCUT2D eigenvalue weighted by Gasteiger charge is 2.46. The van der Waals surface area contributed by atoms with Gasteiger partial charge in [0.1, 0.15) is 6.04 Å². The van der Waals surface area contributed by atoms with Crippen LogP contribution in [0.15, 0.2) is 43.0 Å². The van der Waals surface area contributed by atoms with Gasteiger partial charge >= 0.3 is 6.03 Å². The van der Waals surface area contributed by atoms with Gasteiger partial charge < -0.3 is 9.47 Å². The molecular formula is C17H18N4O2. The molecule has 118 valence electrons. The minimum Gasteiger partial charge on any atom is -0.337 e. The van der Waals surface area contributed by atoms with Gasteiger partial charge in [0.05, 0.1) is 6.33 Å². The molecule has 23 heavy (non-hydrogen) atoms. The first-order valence-corrected chi connectivity index (χ1v) is 7.88. The minimum atomic E-state index is -0.328. The minimum absolute atomic E-state index is 0.0601. The van der Waals surface area contributed by atoms with Crippen molar-refractivity contribution in [1.29, 1.82) is 0 Å². The predicted molar refractivity (Wildman–Crippen MR) is 83.4 cm³/mol. The first kappa shape index (κ1) is 14.0. The van der Waals surface area contributed by atoms with Gasteiger partial charge in [-0.3, -0.25) is 9.69 Å². The third-order valence-electron chi connectivity index (χ3n) is 4.63. The van der Waals surface area contributed by atoms with Gasteiger partial charge in [0.15, 0.2) is 0 Å². The van der Waals surface area contributed by atoms with Crippen molar-refractivity contribution in [3.63, 3.8) is 0 Å². The first-order chi connectivity index (χ1) is 11.2. The maximum Gasteiger partial charge on any atom is 0.327 e. The standard InChI is InChI=1S/C17H18N4O2/c22-16-15-10-13-4-1-2-5-14(13)11-21(15)17(23)20(16)8-3-7-19-9-6-18-12-19/h1-2,4-6,9,12,15H,3,7-8,10-11H2. The number of fused-ring (bicyclic) bond motifs is 2. The molecule has 2 aliphatic heterocycles. The average molecular weight is 310 g/mol. The summed E-state index contributed by atoms with van der Waals surface area (Å²) < 4.78 is 1.95. The van der Waals surface area contributed by atoms with Crippen LogP contribution >= 0.6 is 0 Å². The molecule has 1 fully saturated rings. The van der Waals surface area contributed by atoms with Gasteiger partial charge in [-0.05, 0) is 17.5 Å². The number of amides is 3. The van der Waals surface area contributed by atoms with Gasteiger partial charge in [-0.15, -0.1) is 0 Å². The molecule has 6 nitrogen and oxygen atoms in total. The summed E-state index contributed by atoms with van der Waals surface area (Å²) in [6, 6.07) is 7.56. The van der Waals surface area contributed by atoms with E-state index >= 15 is 0 Å². The van der Waals surface area contributed by atoms with Crippen LogP contribution in [-0.2, 0) is 24.3 Å². The fraction of sp³-hybridized carbons (Fsp3) is 0.353. The van der Waals surface area contributed by atoms with E-state index in [1.807, 2.05) is 35.0 Å². The lowest BCUT2D eigenvalue weighted by atomic mass is 9.95. The summed E-state index contributed by atoms with van der Waals surface area (Å²) in [5, 5.41) is 0. The molecule has 3 heterocycles. The van der Waals surface area contributed by atoms with E-state index in [2.05, 4.69) is 4.98 Å². The summed E-state index contributed by atoms with van der Waals surface area (Å²) >= 11 is 0. The number of rotatable bonds is 4. The Morgan fingerprint density at radius 3 is 2.74 bits per heavy atom. The highest BCUT2D eigenvalue weighted by Crippen LogP contribution is 2.29. The van der Waals surface area contributed by atoms with Crippen LogP contribution in [0.25, 0.3) is 0 Å². The van der Waals surface area contributed by atoms with E-state index in [4.69, 9.17) is 0 Å².